The third kappa shape index (κ3) is 3.39. The SMILES string of the molecule is CCCN(CCC)[11C](=O)c1ccccc1. The van der Waals surface area contributed by atoms with E-state index in [2.05, 4.69) is 13.8 Å². The predicted octanol–water partition coefficient (Wildman–Crippen LogP) is 2.95. The zero-order valence-corrected chi connectivity index (χ0v) is 9.57. The molecule has 82 valence electrons. The Kier molecular flexibility index (Phi) is 4.88. The van der Waals surface area contributed by atoms with Crippen molar-refractivity contribution >= 4 is 5.91 Å². The lowest BCUT2D eigenvalue weighted by Gasteiger charge is -2.21. The second kappa shape index (κ2) is 6.23. The van der Waals surface area contributed by atoms with Gasteiger partial charge in [-0.15, -0.1) is 0 Å². The molecule has 0 fully saturated rings. The van der Waals surface area contributed by atoms with E-state index in [4.69, 9.17) is 0 Å². The Morgan fingerprint density at radius 1 is 1.07 bits per heavy atom. The number of hydrogen-bond donors (Lipinski definition) is 0. The van der Waals surface area contributed by atoms with Gasteiger partial charge in [-0.25, -0.2) is 0 Å². The summed E-state index contributed by atoms with van der Waals surface area (Å²) in [5.41, 5.74) is 0.791. The van der Waals surface area contributed by atoms with Crippen LogP contribution < -0.4 is 0 Å². The number of amides is 1. The van der Waals surface area contributed by atoms with Crippen molar-refractivity contribution in [2.45, 2.75) is 26.7 Å². The first-order valence-electron chi connectivity index (χ1n) is 5.64. The molecular formula is C13H19NO. The predicted molar refractivity (Wildman–Crippen MR) is 62.9 cm³/mol. The van der Waals surface area contributed by atoms with Gasteiger partial charge >= 0.3 is 0 Å². The normalized spacial score (nSPS) is 10.0. The lowest BCUT2D eigenvalue weighted by molar-refractivity contribution is 0.0755. The minimum Gasteiger partial charge on any atom is -0.339 e. The maximum absolute atomic E-state index is 12.1. The number of nitrogens with zero attached hydrogens (tertiary/aromatic N) is 1. The molecule has 0 aliphatic carbocycles. The molecular weight excluding hydrogens is 185 g/mol. The Balaban J connectivity index is 2.71. The Hall–Kier alpha value is -1.31. The molecule has 1 amide bonds. The number of benzene rings is 1. The van der Waals surface area contributed by atoms with Crippen LogP contribution in [0.2, 0.25) is 0 Å². The van der Waals surface area contributed by atoms with E-state index in [9.17, 15) is 4.79 Å². The molecule has 0 radical (unpaired) electrons. The van der Waals surface area contributed by atoms with Crippen LogP contribution in [0, 0.1) is 0 Å². The molecule has 0 unspecified atom stereocenters. The molecule has 1 aromatic carbocycles. The Bertz CT molecular complexity index is 289. The van der Waals surface area contributed by atoms with Gasteiger partial charge in [0.15, 0.2) is 0 Å². The molecule has 0 heterocycles. The molecule has 0 aromatic heterocycles. The summed E-state index contributed by atoms with van der Waals surface area (Å²) in [5.74, 6) is 0.152. The molecule has 2 nitrogen and oxygen atoms in total. The van der Waals surface area contributed by atoms with E-state index in [1.165, 1.54) is 0 Å². The monoisotopic (exact) mass is 204 g/mol. The van der Waals surface area contributed by atoms with Crippen molar-refractivity contribution < 1.29 is 4.79 Å². The molecule has 0 saturated carbocycles. The maximum atomic E-state index is 12.1. The van der Waals surface area contributed by atoms with E-state index in [-0.39, 0.29) is 5.91 Å². The molecule has 0 bridgehead atoms. The minimum absolute atomic E-state index is 0.152. The summed E-state index contributed by atoms with van der Waals surface area (Å²) < 4.78 is 0. The first kappa shape index (κ1) is 11.8. The first-order valence-corrected chi connectivity index (χ1v) is 5.64. The van der Waals surface area contributed by atoms with E-state index in [1.54, 1.807) is 0 Å². The average molecular weight is 204 g/mol. The lowest BCUT2D eigenvalue weighted by atomic mass is 9.86. The number of rotatable bonds is 5. The summed E-state index contributed by atoms with van der Waals surface area (Å²) >= 11 is 0. The summed E-state index contributed by atoms with van der Waals surface area (Å²) in [4.78, 5) is 14.0. The van der Waals surface area contributed by atoms with Gasteiger partial charge in [0.2, 0.25) is 0 Å². The average Bonchev–Trinajstić information content (AvgIpc) is 2.29. The summed E-state index contributed by atoms with van der Waals surface area (Å²) in [6, 6.07) is 9.49. The van der Waals surface area contributed by atoms with Crippen molar-refractivity contribution in [1.82, 2.24) is 4.90 Å². The van der Waals surface area contributed by atoms with Gasteiger partial charge in [0.25, 0.3) is 5.91 Å². The van der Waals surface area contributed by atoms with Crippen molar-refractivity contribution in [3.63, 3.8) is 0 Å². The van der Waals surface area contributed by atoms with Gasteiger partial charge < -0.3 is 4.90 Å². The van der Waals surface area contributed by atoms with Crippen LogP contribution in [-0.2, 0) is 0 Å². The molecule has 0 spiro atoms. The Labute approximate surface area is 91.9 Å². The molecule has 0 saturated heterocycles. The second-order valence-corrected chi connectivity index (χ2v) is 3.66. The smallest absolute Gasteiger partial charge is 0.253 e. The maximum Gasteiger partial charge on any atom is 0.253 e. The van der Waals surface area contributed by atoms with Crippen LogP contribution in [0.1, 0.15) is 37.0 Å². The molecule has 0 atom stereocenters. The summed E-state index contributed by atoms with van der Waals surface area (Å²) in [6.07, 6.45) is 2.02. The number of hydrogen-bond acceptors (Lipinski definition) is 1. The number of carbonyl (C=O) groups is 1. The molecule has 0 aliphatic heterocycles. The van der Waals surface area contributed by atoms with Crippen LogP contribution in [-0.4, -0.2) is 23.9 Å². The highest BCUT2D eigenvalue weighted by molar-refractivity contribution is 5.94. The van der Waals surface area contributed by atoms with Crippen molar-refractivity contribution in [1.29, 1.82) is 0 Å². The van der Waals surface area contributed by atoms with Crippen LogP contribution in [0.4, 0.5) is 0 Å². The van der Waals surface area contributed by atoms with Gasteiger partial charge in [-0.3, -0.25) is 4.79 Å². The zero-order valence-electron chi connectivity index (χ0n) is 9.57. The van der Waals surface area contributed by atoms with Gasteiger partial charge in [-0.05, 0) is 25.0 Å². The topological polar surface area (TPSA) is 20.3 Å². The first-order chi connectivity index (χ1) is 7.29. The highest BCUT2D eigenvalue weighted by atomic mass is 16.1. The van der Waals surface area contributed by atoms with Crippen LogP contribution >= 0.6 is 0 Å². The van der Waals surface area contributed by atoms with Crippen molar-refractivity contribution in [2.24, 2.45) is 0 Å². The van der Waals surface area contributed by atoms with Crippen molar-refractivity contribution in [3.8, 4) is 0 Å². The van der Waals surface area contributed by atoms with Crippen molar-refractivity contribution in [2.75, 3.05) is 13.1 Å². The van der Waals surface area contributed by atoms with Crippen LogP contribution in [0.5, 0.6) is 0 Å². The Morgan fingerprint density at radius 2 is 1.60 bits per heavy atom. The van der Waals surface area contributed by atoms with Gasteiger partial charge in [0.05, 0.1) is 0 Å². The van der Waals surface area contributed by atoms with E-state index in [1.807, 2.05) is 35.2 Å². The number of carbonyl (C=O) groups excluding carboxylic acids is 1. The highest BCUT2D eigenvalue weighted by Crippen LogP contribution is 2.05. The van der Waals surface area contributed by atoms with E-state index >= 15 is 0 Å². The molecule has 1 rings (SSSR count). The van der Waals surface area contributed by atoms with E-state index < -0.39 is 0 Å². The molecule has 15 heavy (non-hydrogen) atoms. The third-order valence-corrected chi connectivity index (χ3v) is 2.30. The molecule has 1 aromatic rings. The van der Waals surface area contributed by atoms with Crippen molar-refractivity contribution in [3.05, 3.63) is 35.9 Å². The van der Waals surface area contributed by atoms with Gasteiger partial charge in [-0.2, -0.15) is 0 Å². The fourth-order valence-corrected chi connectivity index (χ4v) is 1.62. The van der Waals surface area contributed by atoms with Crippen LogP contribution in [0.15, 0.2) is 30.3 Å². The standard InChI is InChI=1S/C13H19NO/c1-3-10-14(11-4-2)13(15)12-8-6-5-7-9-12/h5-9H,3-4,10-11H2,1-2H3/i13-1. The molecule has 0 aliphatic rings. The van der Waals surface area contributed by atoms with Gasteiger partial charge in [0.1, 0.15) is 0 Å². The Morgan fingerprint density at radius 3 is 2.07 bits per heavy atom. The lowest BCUT2D eigenvalue weighted by Crippen LogP contribution is -2.32. The largest absolute Gasteiger partial charge is 0.339 e. The summed E-state index contributed by atoms with van der Waals surface area (Å²) in [5, 5.41) is 0. The van der Waals surface area contributed by atoms with E-state index in [0.717, 1.165) is 31.5 Å². The third-order valence-electron chi connectivity index (χ3n) is 2.30. The van der Waals surface area contributed by atoms with Crippen LogP contribution in [0.25, 0.3) is 0 Å². The quantitative estimate of drug-likeness (QED) is 0.722. The van der Waals surface area contributed by atoms with Crippen LogP contribution in [0.3, 0.4) is 0 Å². The fraction of sp³-hybridized carbons (Fsp3) is 0.462. The fourth-order valence-electron chi connectivity index (χ4n) is 1.62. The second-order valence-electron chi connectivity index (χ2n) is 3.66. The summed E-state index contributed by atoms with van der Waals surface area (Å²) in [6.45, 7) is 5.89. The van der Waals surface area contributed by atoms with Gasteiger partial charge in [0, 0.05) is 18.7 Å². The van der Waals surface area contributed by atoms with E-state index in [0.29, 0.717) is 0 Å². The summed E-state index contributed by atoms with van der Waals surface area (Å²) in [7, 11) is 0. The molecule has 2 heteroatoms. The minimum atomic E-state index is 0.152. The molecule has 0 N–H and O–H groups in total. The zero-order chi connectivity index (χ0) is 11.1. The highest BCUT2D eigenvalue weighted by Gasteiger charge is 2.12. The van der Waals surface area contributed by atoms with Gasteiger partial charge in [-0.1, -0.05) is 32.0 Å².